The molecule has 0 aromatic heterocycles. The zero-order chi connectivity index (χ0) is 14.9. The number of aliphatic imine (C=N–C) groups is 1. The monoisotopic (exact) mass is 440 g/mol. The first kappa shape index (κ1) is 20.4. The van der Waals surface area contributed by atoms with Gasteiger partial charge in [0.2, 0.25) is 0 Å². The van der Waals surface area contributed by atoms with Gasteiger partial charge in [0.15, 0.2) is 5.96 Å². The number of hydrogen-bond donors (Lipinski definition) is 1. The maximum absolute atomic E-state index is 4.46. The van der Waals surface area contributed by atoms with E-state index in [-0.39, 0.29) is 24.0 Å². The van der Waals surface area contributed by atoms with Gasteiger partial charge in [-0.15, -0.1) is 24.0 Å². The van der Waals surface area contributed by atoms with Crippen LogP contribution in [0.5, 0.6) is 0 Å². The van der Waals surface area contributed by atoms with E-state index in [9.17, 15) is 0 Å². The number of thioether (sulfide) groups is 1. The van der Waals surface area contributed by atoms with Crippen LogP contribution < -0.4 is 5.32 Å². The largest absolute Gasteiger partial charge is 0.356 e. The fourth-order valence-electron chi connectivity index (χ4n) is 3.43. The average molecular weight is 440 g/mol. The highest BCUT2D eigenvalue weighted by Crippen LogP contribution is 2.19. The second kappa shape index (κ2) is 11.8. The van der Waals surface area contributed by atoms with E-state index < -0.39 is 0 Å². The lowest BCUT2D eigenvalue weighted by atomic mass is 10.1. The van der Waals surface area contributed by atoms with Crippen LogP contribution in [0.2, 0.25) is 0 Å². The van der Waals surface area contributed by atoms with Gasteiger partial charge in [0, 0.05) is 33.2 Å². The predicted molar refractivity (Wildman–Crippen MR) is 110 cm³/mol. The topological polar surface area (TPSA) is 30.9 Å². The Morgan fingerprint density at radius 2 is 2.00 bits per heavy atom. The molecule has 4 nitrogen and oxygen atoms in total. The van der Waals surface area contributed by atoms with Gasteiger partial charge in [0.05, 0.1) is 0 Å². The summed E-state index contributed by atoms with van der Waals surface area (Å²) in [7, 11) is 1.91. The molecular formula is C16H33IN4S. The molecule has 0 amide bonds. The summed E-state index contributed by atoms with van der Waals surface area (Å²) in [5.74, 6) is 3.16. The molecule has 2 heterocycles. The molecule has 130 valence electrons. The summed E-state index contributed by atoms with van der Waals surface area (Å²) in [5, 5.41) is 3.52. The number of piperidine rings is 1. The molecule has 2 fully saturated rings. The van der Waals surface area contributed by atoms with Crippen molar-refractivity contribution in [2.75, 3.05) is 58.3 Å². The number of halogens is 1. The van der Waals surface area contributed by atoms with Crippen molar-refractivity contribution in [1.82, 2.24) is 15.1 Å². The number of guanidine groups is 1. The van der Waals surface area contributed by atoms with Gasteiger partial charge in [-0.05, 0) is 56.7 Å². The lowest BCUT2D eigenvalue weighted by Crippen LogP contribution is -2.41. The summed E-state index contributed by atoms with van der Waals surface area (Å²) < 4.78 is 0. The van der Waals surface area contributed by atoms with Crippen LogP contribution in [0.25, 0.3) is 0 Å². The molecule has 1 unspecified atom stereocenters. The molecule has 1 N–H and O–H groups in total. The normalized spacial score (nSPS) is 23.5. The molecule has 2 aliphatic rings. The molecule has 0 aromatic rings. The predicted octanol–water partition coefficient (Wildman–Crippen LogP) is 2.74. The quantitative estimate of drug-likeness (QED) is 0.298. The highest BCUT2D eigenvalue weighted by Gasteiger charge is 2.26. The van der Waals surface area contributed by atoms with Crippen molar-refractivity contribution in [3.05, 3.63) is 0 Å². The first-order chi connectivity index (χ1) is 10.3. The summed E-state index contributed by atoms with van der Waals surface area (Å²) in [6.07, 6.45) is 8.93. The lowest BCUT2D eigenvalue weighted by Gasteiger charge is -2.29. The van der Waals surface area contributed by atoms with E-state index in [1.807, 2.05) is 18.8 Å². The van der Waals surface area contributed by atoms with E-state index >= 15 is 0 Å². The maximum Gasteiger partial charge on any atom is 0.193 e. The van der Waals surface area contributed by atoms with Crippen molar-refractivity contribution in [2.24, 2.45) is 10.9 Å². The van der Waals surface area contributed by atoms with Crippen LogP contribution in [0.15, 0.2) is 4.99 Å². The highest BCUT2D eigenvalue weighted by atomic mass is 127. The minimum Gasteiger partial charge on any atom is -0.356 e. The van der Waals surface area contributed by atoms with Crippen molar-refractivity contribution in [2.45, 2.75) is 32.1 Å². The van der Waals surface area contributed by atoms with Crippen LogP contribution in [0.3, 0.4) is 0 Å². The Morgan fingerprint density at radius 1 is 1.23 bits per heavy atom. The molecule has 1 atom stereocenters. The molecule has 0 saturated carbocycles. The van der Waals surface area contributed by atoms with Crippen molar-refractivity contribution in [3.8, 4) is 0 Å². The van der Waals surface area contributed by atoms with Gasteiger partial charge < -0.3 is 15.1 Å². The molecule has 0 aliphatic carbocycles. The third-order valence-electron chi connectivity index (χ3n) is 4.57. The van der Waals surface area contributed by atoms with E-state index in [2.05, 4.69) is 26.4 Å². The van der Waals surface area contributed by atoms with Crippen LogP contribution in [0, 0.1) is 5.92 Å². The second-order valence-electron chi connectivity index (χ2n) is 6.28. The van der Waals surface area contributed by atoms with E-state index in [0.717, 1.165) is 18.4 Å². The van der Waals surface area contributed by atoms with Gasteiger partial charge in [-0.3, -0.25) is 4.99 Å². The molecule has 2 rings (SSSR count). The summed E-state index contributed by atoms with van der Waals surface area (Å²) in [6, 6.07) is 0. The van der Waals surface area contributed by atoms with Gasteiger partial charge in [0.25, 0.3) is 0 Å². The maximum atomic E-state index is 4.46. The number of nitrogens with one attached hydrogen (secondary N) is 1. The third-order valence-corrected chi connectivity index (χ3v) is 5.27. The van der Waals surface area contributed by atoms with Gasteiger partial charge >= 0.3 is 0 Å². The fraction of sp³-hybridized carbons (Fsp3) is 0.938. The first-order valence-electron chi connectivity index (χ1n) is 8.50. The SMILES string of the molecule is CN=C(NCCCSC)N1CCC(CN2CCCCC2)C1.I. The van der Waals surface area contributed by atoms with E-state index in [4.69, 9.17) is 0 Å². The molecule has 0 spiro atoms. The van der Waals surface area contributed by atoms with Crippen molar-refractivity contribution >= 4 is 41.7 Å². The Balaban J connectivity index is 0.00000242. The summed E-state index contributed by atoms with van der Waals surface area (Å²) >= 11 is 1.91. The number of nitrogens with zero attached hydrogens (tertiary/aromatic N) is 3. The van der Waals surface area contributed by atoms with Crippen molar-refractivity contribution in [3.63, 3.8) is 0 Å². The number of likely N-dealkylation sites (tertiary alicyclic amines) is 2. The number of rotatable bonds is 6. The Morgan fingerprint density at radius 3 is 2.68 bits per heavy atom. The average Bonchev–Trinajstić information content (AvgIpc) is 2.97. The first-order valence-corrected chi connectivity index (χ1v) is 9.89. The Kier molecular flexibility index (Phi) is 10.9. The smallest absolute Gasteiger partial charge is 0.193 e. The van der Waals surface area contributed by atoms with Gasteiger partial charge in [-0.2, -0.15) is 11.8 Å². The Hall–Kier alpha value is 0.310. The van der Waals surface area contributed by atoms with Crippen LogP contribution >= 0.6 is 35.7 Å². The van der Waals surface area contributed by atoms with Gasteiger partial charge in [0.1, 0.15) is 0 Å². The zero-order valence-corrected chi connectivity index (χ0v) is 17.4. The molecule has 22 heavy (non-hydrogen) atoms. The van der Waals surface area contributed by atoms with Crippen molar-refractivity contribution in [1.29, 1.82) is 0 Å². The number of hydrogen-bond acceptors (Lipinski definition) is 3. The summed E-state index contributed by atoms with van der Waals surface area (Å²) in [4.78, 5) is 9.59. The van der Waals surface area contributed by atoms with Gasteiger partial charge in [-0.1, -0.05) is 6.42 Å². The second-order valence-corrected chi connectivity index (χ2v) is 7.27. The third kappa shape index (κ3) is 6.83. The molecule has 2 saturated heterocycles. The van der Waals surface area contributed by atoms with Crippen LogP contribution in [-0.4, -0.2) is 74.1 Å². The fourth-order valence-corrected chi connectivity index (χ4v) is 3.86. The van der Waals surface area contributed by atoms with Crippen LogP contribution in [0.4, 0.5) is 0 Å². The standard InChI is InChI=1S/C16H32N4S.HI/c1-17-16(18-8-6-12-21-2)20-11-7-15(14-20)13-19-9-4-3-5-10-19;/h15H,3-14H2,1-2H3,(H,17,18);1H. The van der Waals surface area contributed by atoms with E-state index in [0.29, 0.717) is 0 Å². The summed E-state index contributed by atoms with van der Waals surface area (Å²) in [5.41, 5.74) is 0. The molecule has 0 bridgehead atoms. The Bertz CT molecular complexity index is 321. The zero-order valence-electron chi connectivity index (χ0n) is 14.2. The van der Waals surface area contributed by atoms with Gasteiger partial charge in [-0.25, -0.2) is 0 Å². The minimum atomic E-state index is 0. The van der Waals surface area contributed by atoms with E-state index in [1.54, 1.807) is 0 Å². The molecule has 0 radical (unpaired) electrons. The van der Waals surface area contributed by atoms with Crippen LogP contribution in [-0.2, 0) is 0 Å². The molecule has 6 heteroatoms. The molecule has 2 aliphatic heterocycles. The van der Waals surface area contributed by atoms with Crippen molar-refractivity contribution < 1.29 is 0 Å². The van der Waals surface area contributed by atoms with Crippen LogP contribution in [0.1, 0.15) is 32.1 Å². The molecular weight excluding hydrogens is 407 g/mol. The highest BCUT2D eigenvalue weighted by molar-refractivity contribution is 14.0. The Labute approximate surface area is 157 Å². The minimum absolute atomic E-state index is 0. The summed E-state index contributed by atoms with van der Waals surface area (Å²) in [6.45, 7) is 7.32. The van der Waals surface area contributed by atoms with E-state index in [1.165, 1.54) is 70.6 Å². The molecule has 0 aromatic carbocycles. The lowest BCUT2D eigenvalue weighted by molar-refractivity contribution is 0.198.